The maximum absolute atomic E-state index is 12.5. The summed E-state index contributed by atoms with van der Waals surface area (Å²) in [4.78, 5) is 14.4. The van der Waals surface area contributed by atoms with Crippen LogP contribution in [-0.2, 0) is 14.8 Å². The van der Waals surface area contributed by atoms with Crippen molar-refractivity contribution < 1.29 is 13.2 Å². The normalized spacial score (nSPS) is 23.9. The Morgan fingerprint density at radius 1 is 1.33 bits per heavy atom. The zero-order valence-corrected chi connectivity index (χ0v) is 12.9. The minimum Gasteiger partial charge on any atom is -0.342 e. The number of hydrogen-bond acceptors (Lipinski definition) is 4. The zero-order valence-electron chi connectivity index (χ0n) is 12.1. The highest BCUT2D eigenvalue weighted by Crippen LogP contribution is 2.27. The molecule has 2 saturated heterocycles. The summed E-state index contributed by atoms with van der Waals surface area (Å²) in [7, 11) is -3.55. The number of aromatic nitrogens is 2. The Balaban J connectivity index is 1.72. The SMILES string of the molecule is Cc1[nH]ncc1S(=O)(=O)N1CCC(C(=O)N2CCCC2)C1. The van der Waals surface area contributed by atoms with Crippen LogP contribution >= 0.6 is 0 Å². The molecule has 21 heavy (non-hydrogen) atoms. The lowest BCUT2D eigenvalue weighted by Crippen LogP contribution is -2.36. The monoisotopic (exact) mass is 312 g/mol. The summed E-state index contributed by atoms with van der Waals surface area (Å²) in [5.41, 5.74) is 0.532. The second-order valence-electron chi connectivity index (χ2n) is 5.74. The van der Waals surface area contributed by atoms with Crippen LogP contribution < -0.4 is 0 Å². The van der Waals surface area contributed by atoms with Gasteiger partial charge < -0.3 is 4.90 Å². The Hall–Kier alpha value is -1.41. The summed E-state index contributed by atoms with van der Waals surface area (Å²) in [5.74, 6) is -0.0980. The fourth-order valence-corrected chi connectivity index (χ4v) is 4.70. The summed E-state index contributed by atoms with van der Waals surface area (Å²) in [6, 6.07) is 0. The average molecular weight is 312 g/mol. The van der Waals surface area contributed by atoms with Crippen molar-refractivity contribution in [1.82, 2.24) is 19.4 Å². The highest BCUT2D eigenvalue weighted by molar-refractivity contribution is 7.89. The molecule has 0 aromatic carbocycles. The van der Waals surface area contributed by atoms with Gasteiger partial charge in [-0.3, -0.25) is 9.89 Å². The molecular weight excluding hydrogens is 292 g/mol. The van der Waals surface area contributed by atoms with Gasteiger partial charge in [0.1, 0.15) is 4.90 Å². The Kier molecular flexibility index (Phi) is 3.75. The molecule has 0 bridgehead atoms. The second kappa shape index (κ2) is 5.42. The average Bonchev–Trinajstić information content (AvgIpc) is 3.19. The lowest BCUT2D eigenvalue weighted by Gasteiger charge is -2.20. The van der Waals surface area contributed by atoms with E-state index in [-0.39, 0.29) is 23.3 Å². The highest BCUT2D eigenvalue weighted by Gasteiger charge is 2.38. The van der Waals surface area contributed by atoms with Crippen molar-refractivity contribution in [2.24, 2.45) is 5.92 Å². The quantitative estimate of drug-likeness (QED) is 0.872. The van der Waals surface area contributed by atoms with Gasteiger partial charge in [0.05, 0.1) is 17.8 Å². The summed E-state index contributed by atoms with van der Waals surface area (Å²) >= 11 is 0. The van der Waals surface area contributed by atoms with E-state index in [1.165, 1.54) is 10.5 Å². The van der Waals surface area contributed by atoms with Crippen molar-refractivity contribution in [3.05, 3.63) is 11.9 Å². The lowest BCUT2D eigenvalue weighted by molar-refractivity contribution is -0.133. The summed E-state index contributed by atoms with van der Waals surface area (Å²) in [6.07, 6.45) is 4.04. The number of rotatable bonds is 3. The van der Waals surface area contributed by atoms with Crippen LogP contribution in [0.15, 0.2) is 11.1 Å². The largest absolute Gasteiger partial charge is 0.342 e. The number of carbonyl (C=O) groups excluding carboxylic acids is 1. The van der Waals surface area contributed by atoms with Crippen molar-refractivity contribution in [3.63, 3.8) is 0 Å². The molecule has 1 atom stereocenters. The Morgan fingerprint density at radius 3 is 2.67 bits per heavy atom. The van der Waals surface area contributed by atoms with Crippen LogP contribution in [0.3, 0.4) is 0 Å². The van der Waals surface area contributed by atoms with Gasteiger partial charge in [0.25, 0.3) is 0 Å². The van der Waals surface area contributed by atoms with Gasteiger partial charge >= 0.3 is 0 Å². The molecule has 3 rings (SSSR count). The smallest absolute Gasteiger partial charge is 0.246 e. The van der Waals surface area contributed by atoms with Gasteiger partial charge in [0.2, 0.25) is 15.9 Å². The van der Waals surface area contributed by atoms with E-state index < -0.39 is 10.0 Å². The fourth-order valence-electron chi connectivity index (χ4n) is 3.08. The number of carbonyl (C=O) groups is 1. The molecule has 1 aromatic rings. The molecular formula is C13H20N4O3S. The van der Waals surface area contributed by atoms with E-state index in [9.17, 15) is 13.2 Å². The summed E-state index contributed by atoms with van der Waals surface area (Å²) in [5, 5.41) is 6.42. The number of amides is 1. The summed E-state index contributed by atoms with van der Waals surface area (Å²) in [6.45, 7) is 3.98. The van der Waals surface area contributed by atoms with Crippen LogP contribution in [0.1, 0.15) is 25.0 Å². The molecule has 2 fully saturated rings. The van der Waals surface area contributed by atoms with Crippen molar-refractivity contribution in [2.75, 3.05) is 26.2 Å². The Bertz CT molecular complexity index is 634. The minimum atomic E-state index is -3.55. The first-order chi connectivity index (χ1) is 10.00. The molecule has 2 aliphatic rings. The van der Waals surface area contributed by atoms with Crippen LogP contribution in [0, 0.1) is 12.8 Å². The van der Waals surface area contributed by atoms with Gasteiger partial charge in [0.15, 0.2) is 0 Å². The van der Waals surface area contributed by atoms with E-state index in [2.05, 4.69) is 10.2 Å². The van der Waals surface area contributed by atoms with Gasteiger partial charge in [-0.25, -0.2) is 8.42 Å². The number of likely N-dealkylation sites (tertiary alicyclic amines) is 1. The maximum Gasteiger partial charge on any atom is 0.246 e. The van der Waals surface area contributed by atoms with E-state index >= 15 is 0 Å². The molecule has 1 aromatic heterocycles. The van der Waals surface area contributed by atoms with Gasteiger partial charge in [-0.1, -0.05) is 0 Å². The van der Waals surface area contributed by atoms with E-state index in [1.807, 2.05) is 4.90 Å². The van der Waals surface area contributed by atoms with Gasteiger partial charge in [-0.15, -0.1) is 0 Å². The standard InChI is InChI=1S/C13H20N4O3S/c1-10-12(8-14-15-10)21(19,20)17-7-4-11(9-17)13(18)16-5-2-3-6-16/h8,11H,2-7,9H2,1H3,(H,14,15). The topological polar surface area (TPSA) is 86.4 Å². The molecule has 3 heterocycles. The Morgan fingerprint density at radius 2 is 2.05 bits per heavy atom. The van der Waals surface area contributed by atoms with Crippen molar-refractivity contribution in [3.8, 4) is 0 Å². The van der Waals surface area contributed by atoms with Crippen molar-refractivity contribution in [2.45, 2.75) is 31.1 Å². The minimum absolute atomic E-state index is 0.106. The first-order valence-electron chi connectivity index (χ1n) is 7.29. The number of sulfonamides is 1. The van der Waals surface area contributed by atoms with Crippen LogP contribution in [0.4, 0.5) is 0 Å². The summed E-state index contributed by atoms with van der Waals surface area (Å²) < 4.78 is 26.5. The molecule has 2 aliphatic heterocycles. The Labute approximate surface area is 124 Å². The first kappa shape index (κ1) is 14.5. The molecule has 0 spiro atoms. The molecule has 0 saturated carbocycles. The number of nitrogens with one attached hydrogen (secondary N) is 1. The highest BCUT2D eigenvalue weighted by atomic mass is 32.2. The van der Waals surface area contributed by atoms with Crippen LogP contribution in [0.2, 0.25) is 0 Å². The third-order valence-corrected chi connectivity index (χ3v) is 6.30. The van der Waals surface area contributed by atoms with Crippen LogP contribution in [-0.4, -0.2) is 59.9 Å². The van der Waals surface area contributed by atoms with Crippen molar-refractivity contribution in [1.29, 1.82) is 0 Å². The van der Waals surface area contributed by atoms with Gasteiger partial charge in [-0.2, -0.15) is 9.40 Å². The van der Waals surface area contributed by atoms with Gasteiger partial charge in [-0.05, 0) is 26.2 Å². The molecule has 1 N–H and O–H groups in total. The number of H-pyrrole nitrogens is 1. The van der Waals surface area contributed by atoms with Gasteiger partial charge in [0, 0.05) is 26.2 Å². The molecule has 1 unspecified atom stereocenters. The molecule has 0 aliphatic carbocycles. The van der Waals surface area contributed by atoms with E-state index in [4.69, 9.17) is 0 Å². The van der Waals surface area contributed by atoms with E-state index in [0.717, 1.165) is 25.9 Å². The van der Waals surface area contributed by atoms with Crippen LogP contribution in [0.5, 0.6) is 0 Å². The van der Waals surface area contributed by atoms with Crippen LogP contribution in [0.25, 0.3) is 0 Å². The third kappa shape index (κ3) is 2.57. The van der Waals surface area contributed by atoms with E-state index in [0.29, 0.717) is 18.7 Å². The zero-order chi connectivity index (χ0) is 15.0. The molecule has 8 heteroatoms. The second-order valence-corrected chi connectivity index (χ2v) is 7.65. The fraction of sp³-hybridized carbons (Fsp3) is 0.692. The molecule has 116 valence electrons. The predicted octanol–water partition coefficient (Wildman–Crippen LogP) is 0.351. The molecule has 0 radical (unpaired) electrons. The maximum atomic E-state index is 12.5. The number of nitrogens with zero attached hydrogens (tertiary/aromatic N) is 3. The molecule has 1 amide bonds. The number of aromatic amines is 1. The number of hydrogen-bond donors (Lipinski definition) is 1. The first-order valence-corrected chi connectivity index (χ1v) is 8.73. The van der Waals surface area contributed by atoms with Crippen molar-refractivity contribution >= 4 is 15.9 Å². The number of aryl methyl sites for hydroxylation is 1. The lowest BCUT2D eigenvalue weighted by atomic mass is 10.1. The predicted molar refractivity (Wildman–Crippen MR) is 76.0 cm³/mol. The third-order valence-electron chi connectivity index (χ3n) is 4.32. The van der Waals surface area contributed by atoms with E-state index in [1.54, 1.807) is 6.92 Å². The molecule has 7 nitrogen and oxygen atoms in total.